The van der Waals surface area contributed by atoms with Crippen molar-refractivity contribution >= 4 is 5.97 Å². The maximum absolute atomic E-state index is 10.9. The van der Waals surface area contributed by atoms with Crippen molar-refractivity contribution in [2.75, 3.05) is 33.4 Å². The Morgan fingerprint density at radius 1 is 1.53 bits per heavy atom. The average molecular weight is 215 g/mol. The highest BCUT2D eigenvalue weighted by atomic mass is 16.5. The molecule has 88 valence electrons. The lowest BCUT2D eigenvalue weighted by molar-refractivity contribution is -0.137. The predicted octanol–water partition coefficient (Wildman–Crippen LogP) is 0.978. The van der Waals surface area contributed by atoms with Crippen molar-refractivity contribution in [1.82, 2.24) is 5.32 Å². The summed E-state index contributed by atoms with van der Waals surface area (Å²) < 4.78 is 9.73. The van der Waals surface area contributed by atoms with Gasteiger partial charge in [-0.05, 0) is 12.8 Å². The van der Waals surface area contributed by atoms with Crippen molar-refractivity contribution in [3.63, 3.8) is 0 Å². The first-order valence-corrected chi connectivity index (χ1v) is 5.23. The Morgan fingerprint density at radius 3 is 2.87 bits per heavy atom. The summed E-state index contributed by atoms with van der Waals surface area (Å²) in [6.45, 7) is 6.60. The molecule has 0 fully saturated rings. The Hall–Kier alpha value is -0.870. The molecule has 0 rings (SSSR count). The molecule has 0 aliphatic carbocycles. The van der Waals surface area contributed by atoms with E-state index in [2.05, 4.69) is 12.2 Å². The first kappa shape index (κ1) is 14.1. The fraction of sp³-hybridized carbons (Fsp3) is 0.727. The zero-order chi connectivity index (χ0) is 11.5. The fourth-order valence-corrected chi connectivity index (χ4v) is 1.10. The highest BCUT2D eigenvalue weighted by Crippen LogP contribution is 1.91. The Labute approximate surface area is 91.6 Å². The van der Waals surface area contributed by atoms with Crippen LogP contribution in [-0.4, -0.2) is 39.4 Å². The minimum Gasteiger partial charge on any atom is -0.463 e. The van der Waals surface area contributed by atoms with Gasteiger partial charge in [-0.3, -0.25) is 0 Å². The molecule has 0 saturated heterocycles. The van der Waals surface area contributed by atoms with Crippen molar-refractivity contribution in [2.45, 2.75) is 13.8 Å². The van der Waals surface area contributed by atoms with Crippen molar-refractivity contribution in [2.24, 2.45) is 5.92 Å². The van der Waals surface area contributed by atoms with Crippen molar-refractivity contribution in [3.05, 3.63) is 12.2 Å². The Morgan fingerprint density at radius 2 is 2.27 bits per heavy atom. The van der Waals surface area contributed by atoms with Crippen molar-refractivity contribution in [1.29, 1.82) is 0 Å². The lowest BCUT2D eigenvalue weighted by Gasteiger charge is -2.09. The van der Waals surface area contributed by atoms with E-state index in [0.29, 0.717) is 19.1 Å². The molecule has 0 aliphatic heterocycles. The van der Waals surface area contributed by atoms with Crippen LogP contribution in [0.5, 0.6) is 0 Å². The predicted molar refractivity (Wildman–Crippen MR) is 59.7 cm³/mol. The fourth-order valence-electron chi connectivity index (χ4n) is 1.10. The third-order valence-corrected chi connectivity index (χ3v) is 1.75. The van der Waals surface area contributed by atoms with Crippen molar-refractivity contribution in [3.8, 4) is 0 Å². The van der Waals surface area contributed by atoms with Crippen LogP contribution >= 0.6 is 0 Å². The standard InChI is InChI=1S/C11H21NO3/c1-4-15-11(13)6-5-7-12-8-10(2)9-14-3/h5-6,10,12H,4,7-9H2,1-3H3/b6-5+. The number of esters is 1. The van der Waals surface area contributed by atoms with Crippen LogP contribution in [0.3, 0.4) is 0 Å². The van der Waals surface area contributed by atoms with E-state index < -0.39 is 0 Å². The minimum absolute atomic E-state index is 0.288. The second kappa shape index (κ2) is 9.68. The topological polar surface area (TPSA) is 47.6 Å². The van der Waals surface area contributed by atoms with Crippen LogP contribution in [0.1, 0.15) is 13.8 Å². The number of rotatable bonds is 8. The van der Waals surface area contributed by atoms with E-state index in [1.165, 1.54) is 6.08 Å². The van der Waals surface area contributed by atoms with Gasteiger partial charge in [0.25, 0.3) is 0 Å². The first-order valence-electron chi connectivity index (χ1n) is 5.23. The monoisotopic (exact) mass is 215 g/mol. The number of ether oxygens (including phenoxy) is 2. The molecule has 0 aromatic rings. The molecule has 0 aromatic carbocycles. The molecular formula is C11H21NO3. The van der Waals surface area contributed by atoms with Gasteiger partial charge in [-0.2, -0.15) is 0 Å². The van der Waals surface area contributed by atoms with E-state index in [4.69, 9.17) is 9.47 Å². The molecule has 1 N–H and O–H groups in total. The molecule has 4 heteroatoms. The van der Waals surface area contributed by atoms with Gasteiger partial charge < -0.3 is 14.8 Å². The van der Waals surface area contributed by atoms with Crippen LogP contribution in [0.15, 0.2) is 12.2 Å². The lowest BCUT2D eigenvalue weighted by Crippen LogP contribution is -2.23. The number of hydrogen-bond acceptors (Lipinski definition) is 4. The summed E-state index contributed by atoms with van der Waals surface area (Å²) >= 11 is 0. The van der Waals surface area contributed by atoms with Gasteiger partial charge in [-0.1, -0.05) is 13.0 Å². The van der Waals surface area contributed by atoms with E-state index in [-0.39, 0.29) is 5.97 Å². The Kier molecular flexibility index (Phi) is 9.11. The first-order chi connectivity index (χ1) is 7.20. The van der Waals surface area contributed by atoms with Crippen LogP contribution in [-0.2, 0) is 14.3 Å². The summed E-state index contributed by atoms with van der Waals surface area (Å²) in [5, 5.41) is 3.19. The summed E-state index contributed by atoms with van der Waals surface area (Å²) in [6.07, 6.45) is 3.20. The van der Waals surface area contributed by atoms with Gasteiger partial charge in [-0.15, -0.1) is 0 Å². The maximum atomic E-state index is 10.9. The molecular weight excluding hydrogens is 194 g/mol. The Bertz CT molecular complexity index is 192. The van der Waals surface area contributed by atoms with Crippen LogP contribution in [0.2, 0.25) is 0 Å². The van der Waals surface area contributed by atoms with Gasteiger partial charge in [0.05, 0.1) is 6.61 Å². The third-order valence-electron chi connectivity index (χ3n) is 1.75. The molecule has 4 nitrogen and oxygen atoms in total. The van der Waals surface area contributed by atoms with Gasteiger partial charge >= 0.3 is 5.97 Å². The van der Waals surface area contributed by atoms with E-state index in [1.54, 1.807) is 20.1 Å². The van der Waals surface area contributed by atoms with Crippen molar-refractivity contribution < 1.29 is 14.3 Å². The number of nitrogens with one attached hydrogen (secondary N) is 1. The Balaban J connectivity index is 3.41. The second-order valence-corrected chi connectivity index (χ2v) is 3.37. The van der Waals surface area contributed by atoms with E-state index in [1.807, 2.05) is 0 Å². The maximum Gasteiger partial charge on any atom is 0.330 e. The van der Waals surface area contributed by atoms with Gasteiger partial charge in [0, 0.05) is 32.9 Å². The van der Waals surface area contributed by atoms with E-state index in [9.17, 15) is 4.79 Å². The molecule has 0 spiro atoms. The third kappa shape index (κ3) is 9.43. The zero-order valence-electron chi connectivity index (χ0n) is 9.79. The van der Waals surface area contributed by atoms with Crippen LogP contribution in [0.25, 0.3) is 0 Å². The van der Waals surface area contributed by atoms with E-state index in [0.717, 1.165) is 13.2 Å². The number of hydrogen-bond donors (Lipinski definition) is 1. The molecule has 1 atom stereocenters. The van der Waals surface area contributed by atoms with Gasteiger partial charge in [0.2, 0.25) is 0 Å². The second-order valence-electron chi connectivity index (χ2n) is 3.37. The van der Waals surface area contributed by atoms with E-state index >= 15 is 0 Å². The van der Waals surface area contributed by atoms with Gasteiger partial charge in [-0.25, -0.2) is 4.79 Å². The highest BCUT2D eigenvalue weighted by Gasteiger charge is 1.98. The molecule has 0 radical (unpaired) electrons. The van der Waals surface area contributed by atoms with Crippen LogP contribution in [0, 0.1) is 5.92 Å². The minimum atomic E-state index is -0.288. The molecule has 0 heterocycles. The SMILES string of the molecule is CCOC(=O)/C=C/CNCC(C)COC. The van der Waals surface area contributed by atoms with Crippen LogP contribution in [0.4, 0.5) is 0 Å². The highest BCUT2D eigenvalue weighted by molar-refractivity contribution is 5.81. The summed E-state index contributed by atoms with van der Waals surface area (Å²) in [7, 11) is 1.69. The quantitative estimate of drug-likeness (QED) is 0.372. The molecule has 0 aromatic heterocycles. The molecule has 15 heavy (non-hydrogen) atoms. The molecule has 0 aliphatic rings. The normalized spacial score (nSPS) is 13.0. The summed E-state index contributed by atoms with van der Waals surface area (Å²) in [6, 6.07) is 0. The number of carbonyl (C=O) groups excluding carboxylic acids is 1. The largest absolute Gasteiger partial charge is 0.463 e. The number of methoxy groups -OCH3 is 1. The molecule has 0 saturated carbocycles. The van der Waals surface area contributed by atoms with Crippen LogP contribution < -0.4 is 5.32 Å². The lowest BCUT2D eigenvalue weighted by atomic mass is 10.2. The smallest absolute Gasteiger partial charge is 0.330 e. The number of carbonyl (C=O) groups is 1. The summed E-state index contributed by atoms with van der Waals surface area (Å²) in [5.74, 6) is 0.190. The molecule has 1 unspecified atom stereocenters. The summed E-state index contributed by atoms with van der Waals surface area (Å²) in [4.78, 5) is 10.9. The van der Waals surface area contributed by atoms with Gasteiger partial charge in [0.15, 0.2) is 0 Å². The molecule has 0 amide bonds. The summed E-state index contributed by atoms with van der Waals surface area (Å²) in [5.41, 5.74) is 0. The van der Waals surface area contributed by atoms with Gasteiger partial charge in [0.1, 0.15) is 0 Å². The molecule has 0 bridgehead atoms. The zero-order valence-corrected chi connectivity index (χ0v) is 9.79. The average Bonchev–Trinajstić information content (AvgIpc) is 2.18.